The molecular formula is C10H12BNO3. The molecule has 4 nitrogen and oxygen atoms in total. The van der Waals surface area contributed by atoms with E-state index in [4.69, 9.17) is 4.65 Å². The lowest BCUT2D eigenvalue weighted by Gasteiger charge is -2.12. The third-order valence-corrected chi connectivity index (χ3v) is 2.44. The smallest absolute Gasteiger partial charge is 0.423 e. The number of carbonyl (C=O) groups excluding carboxylic acids is 1. The van der Waals surface area contributed by atoms with Crippen molar-refractivity contribution in [3.63, 3.8) is 0 Å². The van der Waals surface area contributed by atoms with Gasteiger partial charge in [-0.15, -0.1) is 0 Å². The third kappa shape index (κ3) is 2.03. The molecule has 1 amide bonds. The quantitative estimate of drug-likeness (QED) is 0.644. The van der Waals surface area contributed by atoms with Gasteiger partial charge < -0.3 is 15.0 Å². The first-order valence-electron chi connectivity index (χ1n) is 4.85. The summed E-state index contributed by atoms with van der Waals surface area (Å²) in [6.45, 7) is 1.85. The molecule has 0 spiro atoms. The van der Waals surface area contributed by atoms with Gasteiger partial charge in [-0.2, -0.15) is 0 Å². The number of fused-ring (bicyclic) bond motifs is 1. The fourth-order valence-electron chi connectivity index (χ4n) is 1.73. The van der Waals surface area contributed by atoms with Crippen LogP contribution in [0.4, 0.5) is 0 Å². The molecule has 1 aliphatic heterocycles. The SMILES string of the molecule is CC(=O)NCC1OB(O)c2ccccc21. The third-order valence-electron chi connectivity index (χ3n) is 2.44. The van der Waals surface area contributed by atoms with Crippen LogP contribution in [-0.2, 0) is 9.45 Å². The van der Waals surface area contributed by atoms with Crippen LogP contribution >= 0.6 is 0 Å². The average Bonchev–Trinajstić information content (AvgIpc) is 2.54. The molecule has 15 heavy (non-hydrogen) atoms. The second-order valence-electron chi connectivity index (χ2n) is 3.54. The minimum atomic E-state index is -0.875. The summed E-state index contributed by atoms with van der Waals surface area (Å²) >= 11 is 0. The summed E-state index contributed by atoms with van der Waals surface area (Å²) in [6, 6.07) is 7.47. The molecule has 0 radical (unpaired) electrons. The van der Waals surface area contributed by atoms with Crippen molar-refractivity contribution < 1.29 is 14.5 Å². The van der Waals surface area contributed by atoms with E-state index in [1.807, 2.05) is 24.3 Å². The van der Waals surface area contributed by atoms with E-state index in [0.717, 1.165) is 11.0 Å². The minimum Gasteiger partial charge on any atom is -0.423 e. The minimum absolute atomic E-state index is 0.0996. The molecule has 1 aliphatic rings. The van der Waals surface area contributed by atoms with Crippen LogP contribution in [0, 0.1) is 0 Å². The Kier molecular flexibility index (Phi) is 2.75. The molecule has 1 unspecified atom stereocenters. The van der Waals surface area contributed by atoms with Crippen LogP contribution in [0.5, 0.6) is 0 Å². The molecule has 5 heteroatoms. The predicted octanol–water partition coefficient (Wildman–Crippen LogP) is -0.419. The largest absolute Gasteiger partial charge is 0.492 e. The highest BCUT2D eigenvalue weighted by Gasteiger charge is 2.34. The Hall–Kier alpha value is -1.33. The van der Waals surface area contributed by atoms with E-state index >= 15 is 0 Å². The number of carbonyl (C=O) groups is 1. The normalized spacial score (nSPS) is 18.8. The lowest BCUT2D eigenvalue weighted by Crippen LogP contribution is -2.28. The molecule has 0 bridgehead atoms. The van der Waals surface area contributed by atoms with Gasteiger partial charge in [0.1, 0.15) is 0 Å². The van der Waals surface area contributed by atoms with Crippen molar-refractivity contribution in [2.45, 2.75) is 13.0 Å². The number of amides is 1. The maximum atomic E-state index is 10.8. The topological polar surface area (TPSA) is 58.6 Å². The fourth-order valence-corrected chi connectivity index (χ4v) is 1.73. The zero-order chi connectivity index (χ0) is 10.8. The first-order chi connectivity index (χ1) is 7.18. The maximum Gasteiger partial charge on any atom is 0.492 e. The Labute approximate surface area is 88.4 Å². The Balaban J connectivity index is 2.14. The van der Waals surface area contributed by atoms with Gasteiger partial charge in [0.25, 0.3) is 0 Å². The highest BCUT2D eigenvalue weighted by Crippen LogP contribution is 2.21. The van der Waals surface area contributed by atoms with Crippen molar-refractivity contribution in [1.82, 2.24) is 5.32 Å². The molecule has 0 aromatic heterocycles. The molecule has 2 N–H and O–H groups in total. The van der Waals surface area contributed by atoms with Gasteiger partial charge in [0.2, 0.25) is 5.91 Å². The van der Waals surface area contributed by atoms with Crippen LogP contribution in [0.15, 0.2) is 24.3 Å². The summed E-state index contributed by atoms with van der Waals surface area (Å²) in [5.74, 6) is -0.0996. The Morgan fingerprint density at radius 2 is 2.33 bits per heavy atom. The molecule has 2 rings (SSSR count). The van der Waals surface area contributed by atoms with Gasteiger partial charge in [-0.25, -0.2) is 0 Å². The van der Waals surface area contributed by atoms with E-state index in [9.17, 15) is 9.82 Å². The van der Waals surface area contributed by atoms with Crippen molar-refractivity contribution in [3.8, 4) is 0 Å². The molecule has 1 heterocycles. The van der Waals surface area contributed by atoms with Gasteiger partial charge in [0.15, 0.2) is 0 Å². The van der Waals surface area contributed by atoms with Crippen molar-refractivity contribution in [2.75, 3.05) is 6.54 Å². The lowest BCUT2D eigenvalue weighted by atomic mass is 9.79. The van der Waals surface area contributed by atoms with E-state index in [2.05, 4.69) is 5.32 Å². The predicted molar refractivity (Wildman–Crippen MR) is 56.6 cm³/mol. The van der Waals surface area contributed by atoms with Crippen molar-refractivity contribution in [2.24, 2.45) is 0 Å². The fraction of sp³-hybridized carbons (Fsp3) is 0.300. The second-order valence-corrected chi connectivity index (χ2v) is 3.54. The lowest BCUT2D eigenvalue weighted by molar-refractivity contribution is -0.119. The molecule has 1 aromatic rings. The van der Waals surface area contributed by atoms with Crippen LogP contribution in [0.2, 0.25) is 0 Å². The van der Waals surface area contributed by atoms with Crippen molar-refractivity contribution >= 4 is 18.5 Å². The van der Waals surface area contributed by atoms with Crippen LogP contribution in [-0.4, -0.2) is 24.6 Å². The highest BCUT2D eigenvalue weighted by molar-refractivity contribution is 6.61. The highest BCUT2D eigenvalue weighted by atomic mass is 16.5. The van der Waals surface area contributed by atoms with Gasteiger partial charge in [-0.05, 0) is 11.0 Å². The summed E-state index contributed by atoms with van der Waals surface area (Å²) < 4.78 is 5.32. The van der Waals surface area contributed by atoms with Gasteiger partial charge in [-0.3, -0.25) is 4.79 Å². The summed E-state index contributed by atoms with van der Waals surface area (Å²) in [5.41, 5.74) is 1.73. The first-order valence-corrected chi connectivity index (χ1v) is 4.85. The molecule has 78 valence electrons. The summed E-state index contributed by atoms with van der Waals surface area (Å²) in [4.78, 5) is 10.8. The summed E-state index contributed by atoms with van der Waals surface area (Å²) in [7, 11) is -0.875. The monoisotopic (exact) mass is 205 g/mol. The summed E-state index contributed by atoms with van der Waals surface area (Å²) in [5, 5.41) is 12.3. The molecule has 1 aromatic carbocycles. The Morgan fingerprint density at radius 3 is 3.07 bits per heavy atom. The molecule has 0 aliphatic carbocycles. The Morgan fingerprint density at radius 1 is 1.60 bits per heavy atom. The Bertz CT molecular complexity index is 383. The number of rotatable bonds is 2. The van der Waals surface area contributed by atoms with E-state index in [1.54, 1.807) is 0 Å². The van der Waals surface area contributed by atoms with Crippen LogP contribution < -0.4 is 10.8 Å². The number of nitrogens with one attached hydrogen (secondary N) is 1. The van der Waals surface area contributed by atoms with Crippen molar-refractivity contribution in [1.29, 1.82) is 0 Å². The van der Waals surface area contributed by atoms with E-state index in [-0.39, 0.29) is 12.0 Å². The second kappa shape index (κ2) is 4.04. The van der Waals surface area contributed by atoms with Crippen LogP contribution in [0.25, 0.3) is 0 Å². The van der Waals surface area contributed by atoms with Gasteiger partial charge >= 0.3 is 7.12 Å². The molecule has 0 fully saturated rings. The van der Waals surface area contributed by atoms with Gasteiger partial charge in [-0.1, -0.05) is 24.3 Å². The zero-order valence-corrected chi connectivity index (χ0v) is 8.43. The van der Waals surface area contributed by atoms with Crippen LogP contribution in [0.3, 0.4) is 0 Å². The van der Waals surface area contributed by atoms with E-state index in [1.165, 1.54) is 6.92 Å². The average molecular weight is 205 g/mol. The molecule has 0 saturated carbocycles. The maximum absolute atomic E-state index is 10.8. The molecular weight excluding hydrogens is 193 g/mol. The number of benzene rings is 1. The standard InChI is InChI=1S/C10H12BNO3/c1-7(13)12-6-10-8-4-2-3-5-9(8)11(14)15-10/h2-5,10,14H,6H2,1H3,(H,12,13). The molecule has 0 saturated heterocycles. The zero-order valence-electron chi connectivity index (χ0n) is 8.43. The summed E-state index contributed by atoms with van der Waals surface area (Å²) in [6.07, 6.45) is -0.250. The van der Waals surface area contributed by atoms with Crippen LogP contribution in [0.1, 0.15) is 18.6 Å². The van der Waals surface area contributed by atoms with E-state index in [0.29, 0.717) is 6.54 Å². The van der Waals surface area contributed by atoms with Gasteiger partial charge in [0.05, 0.1) is 6.10 Å². The number of hydrogen-bond acceptors (Lipinski definition) is 3. The van der Waals surface area contributed by atoms with Crippen molar-refractivity contribution in [3.05, 3.63) is 29.8 Å². The van der Waals surface area contributed by atoms with E-state index < -0.39 is 7.12 Å². The van der Waals surface area contributed by atoms with Gasteiger partial charge in [0, 0.05) is 13.5 Å². The molecule has 1 atom stereocenters. The number of hydrogen-bond donors (Lipinski definition) is 2. The first kappa shape index (κ1) is 10.2.